The largest absolute Gasteiger partial charge is 0.497 e. The first-order valence-corrected chi connectivity index (χ1v) is 5.42. The number of benzene rings is 1. The van der Waals surface area contributed by atoms with Gasteiger partial charge >= 0.3 is 0 Å². The highest BCUT2D eigenvalue weighted by Gasteiger charge is 2.00. The van der Waals surface area contributed by atoms with Gasteiger partial charge in [0.2, 0.25) is 5.88 Å². The maximum absolute atomic E-state index is 5.51. The van der Waals surface area contributed by atoms with E-state index in [1.165, 1.54) is 0 Å². The van der Waals surface area contributed by atoms with Gasteiger partial charge in [0, 0.05) is 22.8 Å². The maximum Gasteiger partial charge on any atom is 0.222 e. The van der Waals surface area contributed by atoms with E-state index in [1.54, 1.807) is 31.5 Å². The van der Waals surface area contributed by atoms with E-state index in [1.807, 2.05) is 12.1 Å². The van der Waals surface area contributed by atoms with Crippen LogP contribution >= 0.6 is 15.9 Å². The van der Waals surface area contributed by atoms with Crippen molar-refractivity contribution in [2.24, 2.45) is 0 Å². The smallest absolute Gasteiger partial charge is 0.222 e. The fourth-order valence-electron chi connectivity index (χ4n) is 1.14. The van der Waals surface area contributed by atoms with E-state index >= 15 is 0 Å². The van der Waals surface area contributed by atoms with Crippen LogP contribution in [0.2, 0.25) is 0 Å². The first-order valence-electron chi connectivity index (χ1n) is 4.63. The molecule has 0 unspecified atom stereocenters. The standard InChI is InChI=1S/C12H9BrNO2/c1-15-11-6-7-14-12(8-11)16-10-4-2-9(13)3-5-10/h2-4,6-8H,1H3. The van der Waals surface area contributed by atoms with Crippen LogP contribution in [-0.2, 0) is 0 Å². The molecule has 0 aliphatic carbocycles. The predicted molar refractivity (Wildman–Crippen MR) is 63.8 cm³/mol. The Morgan fingerprint density at radius 3 is 2.88 bits per heavy atom. The van der Waals surface area contributed by atoms with Crippen LogP contribution in [0.5, 0.6) is 17.4 Å². The summed E-state index contributed by atoms with van der Waals surface area (Å²) < 4.78 is 11.5. The number of ether oxygens (including phenoxy) is 2. The molecule has 0 amide bonds. The van der Waals surface area contributed by atoms with Gasteiger partial charge in [-0.1, -0.05) is 15.9 Å². The Kier molecular flexibility index (Phi) is 3.41. The number of aromatic nitrogens is 1. The molecule has 2 rings (SSSR count). The van der Waals surface area contributed by atoms with Crippen LogP contribution in [0.1, 0.15) is 0 Å². The third-order valence-corrected chi connectivity index (χ3v) is 2.40. The third-order valence-electron chi connectivity index (χ3n) is 1.90. The fraction of sp³-hybridized carbons (Fsp3) is 0.0833. The molecule has 0 aliphatic heterocycles. The first-order chi connectivity index (χ1) is 7.78. The first kappa shape index (κ1) is 11.0. The normalized spacial score (nSPS) is 9.88. The van der Waals surface area contributed by atoms with Crippen LogP contribution in [0.25, 0.3) is 0 Å². The van der Waals surface area contributed by atoms with Gasteiger partial charge < -0.3 is 9.47 Å². The molecule has 2 aromatic rings. The monoisotopic (exact) mass is 278 g/mol. The molecule has 1 aromatic carbocycles. The van der Waals surface area contributed by atoms with Crippen LogP contribution in [0.4, 0.5) is 0 Å². The third kappa shape index (κ3) is 2.73. The molecule has 0 saturated carbocycles. The highest BCUT2D eigenvalue weighted by atomic mass is 79.9. The minimum atomic E-state index is 0.484. The van der Waals surface area contributed by atoms with Crippen molar-refractivity contribution >= 4 is 15.9 Å². The van der Waals surface area contributed by atoms with Gasteiger partial charge in [-0.2, -0.15) is 0 Å². The molecular formula is C12H9BrNO2. The lowest BCUT2D eigenvalue weighted by molar-refractivity contribution is 0.405. The summed E-state index contributed by atoms with van der Waals surface area (Å²) in [7, 11) is 1.60. The number of hydrogen-bond donors (Lipinski definition) is 0. The van der Waals surface area contributed by atoms with Crippen molar-refractivity contribution in [2.75, 3.05) is 7.11 Å². The van der Waals surface area contributed by atoms with E-state index in [2.05, 4.69) is 27.0 Å². The number of methoxy groups -OCH3 is 1. The van der Waals surface area contributed by atoms with Crippen LogP contribution in [0.15, 0.2) is 41.0 Å². The molecule has 0 aliphatic rings. The van der Waals surface area contributed by atoms with Crippen molar-refractivity contribution in [2.45, 2.75) is 0 Å². The lowest BCUT2D eigenvalue weighted by Gasteiger charge is -2.05. The second kappa shape index (κ2) is 4.99. The molecule has 3 nitrogen and oxygen atoms in total. The topological polar surface area (TPSA) is 31.4 Å². The van der Waals surface area contributed by atoms with E-state index in [0.717, 1.165) is 4.47 Å². The Labute approximate surface area is 102 Å². The van der Waals surface area contributed by atoms with E-state index in [4.69, 9.17) is 9.47 Å². The molecular weight excluding hydrogens is 270 g/mol. The summed E-state index contributed by atoms with van der Waals surface area (Å²) in [6.45, 7) is 0. The second-order valence-corrected chi connectivity index (χ2v) is 3.92. The Bertz CT molecular complexity index is 471. The van der Waals surface area contributed by atoms with E-state index in [0.29, 0.717) is 17.4 Å². The van der Waals surface area contributed by atoms with Crippen molar-refractivity contribution in [3.05, 3.63) is 47.1 Å². The number of hydrogen-bond acceptors (Lipinski definition) is 3. The summed E-state index contributed by atoms with van der Waals surface area (Å²) in [5, 5.41) is 0. The number of rotatable bonds is 3. The Morgan fingerprint density at radius 2 is 2.19 bits per heavy atom. The number of pyridine rings is 1. The van der Waals surface area contributed by atoms with Gasteiger partial charge in [-0.25, -0.2) is 4.98 Å². The summed E-state index contributed by atoms with van der Waals surface area (Å²) in [5.41, 5.74) is 0. The molecule has 0 atom stereocenters. The summed E-state index contributed by atoms with van der Waals surface area (Å²) in [5.74, 6) is 1.81. The van der Waals surface area contributed by atoms with Gasteiger partial charge in [0.25, 0.3) is 0 Å². The minimum absolute atomic E-state index is 0.484. The lowest BCUT2D eigenvalue weighted by Crippen LogP contribution is -1.89. The Balaban J connectivity index is 2.16. The quantitative estimate of drug-likeness (QED) is 0.862. The average Bonchev–Trinajstić information content (AvgIpc) is 2.32. The van der Waals surface area contributed by atoms with Gasteiger partial charge in [-0.3, -0.25) is 0 Å². The molecule has 0 fully saturated rings. The summed E-state index contributed by atoms with van der Waals surface area (Å²) in [6, 6.07) is 11.9. The molecule has 4 heteroatoms. The molecule has 0 bridgehead atoms. The maximum atomic E-state index is 5.51. The van der Waals surface area contributed by atoms with Crippen molar-refractivity contribution in [3.63, 3.8) is 0 Å². The van der Waals surface area contributed by atoms with Crippen LogP contribution < -0.4 is 9.47 Å². The van der Waals surface area contributed by atoms with Crippen molar-refractivity contribution in [1.82, 2.24) is 4.98 Å². The summed E-state index contributed by atoms with van der Waals surface area (Å²) in [6.07, 6.45) is 1.63. The van der Waals surface area contributed by atoms with Gasteiger partial charge in [0.1, 0.15) is 11.5 Å². The lowest BCUT2D eigenvalue weighted by atomic mass is 10.3. The zero-order chi connectivity index (χ0) is 11.4. The molecule has 0 N–H and O–H groups in total. The van der Waals surface area contributed by atoms with Gasteiger partial charge in [-0.15, -0.1) is 0 Å². The van der Waals surface area contributed by atoms with Crippen LogP contribution in [-0.4, -0.2) is 12.1 Å². The molecule has 1 aromatic heterocycles. The van der Waals surface area contributed by atoms with Gasteiger partial charge in [0.05, 0.1) is 7.11 Å². The van der Waals surface area contributed by atoms with Gasteiger partial charge in [0.15, 0.2) is 0 Å². The van der Waals surface area contributed by atoms with Gasteiger partial charge in [-0.05, 0) is 24.3 Å². The zero-order valence-corrected chi connectivity index (χ0v) is 10.2. The summed E-state index contributed by atoms with van der Waals surface area (Å²) in [4.78, 5) is 4.07. The van der Waals surface area contributed by atoms with E-state index < -0.39 is 0 Å². The number of nitrogens with zero attached hydrogens (tertiary/aromatic N) is 1. The van der Waals surface area contributed by atoms with Crippen molar-refractivity contribution in [3.8, 4) is 17.4 Å². The predicted octanol–water partition coefficient (Wildman–Crippen LogP) is 3.45. The molecule has 0 spiro atoms. The Hall–Kier alpha value is -1.55. The molecule has 1 heterocycles. The zero-order valence-electron chi connectivity index (χ0n) is 8.61. The minimum Gasteiger partial charge on any atom is -0.497 e. The molecule has 0 saturated heterocycles. The Morgan fingerprint density at radius 1 is 1.31 bits per heavy atom. The fourth-order valence-corrected chi connectivity index (χ4v) is 1.39. The SMILES string of the molecule is COc1ccnc(Oc2[c]cc(Br)cc2)c1. The van der Waals surface area contributed by atoms with Crippen molar-refractivity contribution in [1.29, 1.82) is 0 Å². The average molecular weight is 279 g/mol. The highest BCUT2D eigenvalue weighted by Crippen LogP contribution is 2.23. The van der Waals surface area contributed by atoms with Crippen LogP contribution in [0, 0.1) is 6.07 Å². The molecule has 81 valence electrons. The highest BCUT2D eigenvalue weighted by molar-refractivity contribution is 9.10. The van der Waals surface area contributed by atoms with E-state index in [9.17, 15) is 0 Å². The van der Waals surface area contributed by atoms with Crippen LogP contribution in [0.3, 0.4) is 0 Å². The van der Waals surface area contributed by atoms with Crippen molar-refractivity contribution < 1.29 is 9.47 Å². The van der Waals surface area contributed by atoms with E-state index in [-0.39, 0.29) is 0 Å². The molecule has 1 radical (unpaired) electrons. The summed E-state index contributed by atoms with van der Waals surface area (Å²) >= 11 is 3.33. The molecule has 16 heavy (non-hydrogen) atoms. The second-order valence-electron chi connectivity index (χ2n) is 3.01. The number of halogens is 1.